The van der Waals surface area contributed by atoms with Crippen LogP contribution in [-0.4, -0.2) is 27.2 Å². The van der Waals surface area contributed by atoms with Crippen molar-refractivity contribution >= 4 is 27.3 Å². The van der Waals surface area contributed by atoms with Crippen molar-refractivity contribution in [3.63, 3.8) is 0 Å². The molecule has 0 radical (unpaired) electrons. The van der Waals surface area contributed by atoms with Crippen LogP contribution < -0.4 is 10.5 Å². The number of benzene rings is 1. The van der Waals surface area contributed by atoms with Crippen LogP contribution in [0.1, 0.15) is 27.2 Å². The molecule has 0 spiro atoms. The van der Waals surface area contributed by atoms with Crippen molar-refractivity contribution < 1.29 is 13.2 Å². The third-order valence-corrected chi connectivity index (χ3v) is 5.87. The van der Waals surface area contributed by atoms with E-state index in [-0.39, 0.29) is 28.1 Å². The SMILES string of the molecule is CCOC1CC(NS(=O)(=O)c2cc(Cl)ccc2N)C1(C)C. The fourth-order valence-corrected chi connectivity index (χ4v) is 4.36. The second-order valence-corrected chi connectivity index (χ2v) is 7.98. The third kappa shape index (κ3) is 3.18. The average Bonchev–Trinajstić information content (AvgIpc) is 2.40. The molecule has 118 valence electrons. The molecule has 0 bridgehead atoms. The Morgan fingerprint density at radius 2 is 2.14 bits per heavy atom. The largest absolute Gasteiger partial charge is 0.398 e. The van der Waals surface area contributed by atoms with Gasteiger partial charge in [-0.2, -0.15) is 0 Å². The Morgan fingerprint density at radius 3 is 2.71 bits per heavy atom. The lowest BCUT2D eigenvalue weighted by molar-refractivity contribution is -0.108. The van der Waals surface area contributed by atoms with Crippen molar-refractivity contribution in [1.82, 2.24) is 4.72 Å². The van der Waals surface area contributed by atoms with Crippen molar-refractivity contribution in [3.05, 3.63) is 23.2 Å². The van der Waals surface area contributed by atoms with Crippen molar-refractivity contribution in [3.8, 4) is 0 Å². The molecule has 2 rings (SSSR count). The summed E-state index contributed by atoms with van der Waals surface area (Å²) in [6, 6.07) is 4.24. The molecule has 21 heavy (non-hydrogen) atoms. The predicted octanol–water partition coefficient (Wildman–Crippen LogP) is 2.40. The fourth-order valence-electron chi connectivity index (χ4n) is 2.56. The van der Waals surface area contributed by atoms with Gasteiger partial charge in [0.15, 0.2) is 0 Å². The van der Waals surface area contributed by atoms with Crippen molar-refractivity contribution in [2.24, 2.45) is 5.41 Å². The van der Waals surface area contributed by atoms with E-state index in [9.17, 15) is 8.42 Å². The first kappa shape index (κ1) is 16.5. The van der Waals surface area contributed by atoms with Gasteiger partial charge in [0.05, 0.1) is 11.8 Å². The number of nitrogen functional groups attached to an aromatic ring is 1. The molecule has 2 unspecified atom stereocenters. The maximum Gasteiger partial charge on any atom is 0.242 e. The minimum Gasteiger partial charge on any atom is -0.398 e. The van der Waals surface area contributed by atoms with E-state index in [1.165, 1.54) is 12.1 Å². The number of rotatable bonds is 5. The van der Waals surface area contributed by atoms with Crippen LogP contribution in [0.4, 0.5) is 5.69 Å². The number of sulfonamides is 1. The van der Waals surface area contributed by atoms with Gasteiger partial charge in [0.1, 0.15) is 4.90 Å². The van der Waals surface area contributed by atoms with Crippen LogP contribution in [-0.2, 0) is 14.8 Å². The van der Waals surface area contributed by atoms with E-state index in [1.54, 1.807) is 6.07 Å². The van der Waals surface area contributed by atoms with E-state index in [4.69, 9.17) is 22.1 Å². The lowest BCUT2D eigenvalue weighted by Crippen LogP contribution is -2.61. The van der Waals surface area contributed by atoms with Crippen LogP contribution >= 0.6 is 11.6 Å². The van der Waals surface area contributed by atoms with Crippen LogP contribution in [0.2, 0.25) is 5.02 Å². The standard InChI is InChI=1S/C14H21ClN2O3S/c1-4-20-13-8-12(14(13,2)3)17-21(18,19)11-7-9(15)5-6-10(11)16/h5-7,12-13,17H,4,8,16H2,1-3H3. The lowest BCUT2D eigenvalue weighted by Gasteiger charge is -2.51. The van der Waals surface area contributed by atoms with Gasteiger partial charge >= 0.3 is 0 Å². The first-order valence-electron chi connectivity index (χ1n) is 6.87. The summed E-state index contributed by atoms with van der Waals surface area (Å²) in [6.45, 7) is 6.53. The molecule has 1 aromatic carbocycles. The summed E-state index contributed by atoms with van der Waals surface area (Å²) in [6.07, 6.45) is 0.715. The molecule has 0 amide bonds. The number of hydrogen-bond acceptors (Lipinski definition) is 4. The molecular formula is C14H21ClN2O3S. The van der Waals surface area contributed by atoms with Crippen LogP contribution in [0.25, 0.3) is 0 Å². The first-order valence-corrected chi connectivity index (χ1v) is 8.73. The number of hydrogen-bond donors (Lipinski definition) is 2. The Hall–Kier alpha value is -0.820. The molecule has 0 heterocycles. The lowest BCUT2D eigenvalue weighted by atomic mass is 9.65. The smallest absolute Gasteiger partial charge is 0.242 e. The van der Waals surface area contributed by atoms with Gasteiger partial charge in [-0.25, -0.2) is 13.1 Å². The van der Waals surface area contributed by atoms with Gasteiger partial charge in [-0.05, 0) is 31.5 Å². The van der Waals surface area contributed by atoms with Crippen molar-refractivity contribution in [2.75, 3.05) is 12.3 Å². The van der Waals surface area contributed by atoms with E-state index >= 15 is 0 Å². The Labute approximate surface area is 130 Å². The Balaban J connectivity index is 2.18. The summed E-state index contributed by atoms with van der Waals surface area (Å²) in [5, 5.41) is 0.338. The highest BCUT2D eigenvalue weighted by Gasteiger charge is 2.50. The van der Waals surface area contributed by atoms with Gasteiger partial charge in [0.25, 0.3) is 0 Å². The highest BCUT2D eigenvalue weighted by molar-refractivity contribution is 7.89. The molecule has 1 aromatic rings. The minimum atomic E-state index is -3.70. The number of ether oxygens (including phenoxy) is 1. The Kier molecular flexibility index (Phi) is 4.54. The molecule has 0 saturated heterocycles. The van der Waals surface area contributed by atoms with Gasteiger partial charge < -0.3 is 10.5 Å². The minimum absolute atomic E-state index is 0.0191. The molecule has 2 atom stereocenters. The zero-order valence-electron chi connectivity index (χ0n) is 12.4. The topological polar surface area (TPSA) is 81.4 Å². The summed E-state index contributed by atoms with van der Waals surface area (Å²) in [5.74, 6) is 0. The summed E-state index contributed by atoms with van der Waals surface area (Å²) in [5.41, 5.74) is 5.68. The zero-order chi connectivity index (χ0) is 15.8. The zero-order valence-corrected chi connectivity index (χ0v) is 14.0. The van der Waals surface area contributed by atoms with E-state index in [0.29, 0.717) is 18.1 Å². The van der Waals surface area contributed by atoms with Crippen LogP contribution in [0.15, 0.2) is 23.1 Å². The summed E-state index contributed by atoms with van der Waals surface area (Å²) in [4.78, 5) is 0.0191. The maximum atomic E-state index is 12.5. The average molecular weight is 333 g/mol. The summed E-state index contributed by atoms with van der Waals surface area (Å²) < 4.78 is 33.3. The van der Waals surface area contributed by atoms with Gasteiger partial charge in [0.2, 0.25) is 10.0 Å². The number of halogens is 1. The van der Waals surface area contributed by atoms with Gasteiger partial charge in [-0.3, -0.25) is 0 Å². The molecule has 1 aliphatic carbocycles. The summed E-state index contributed by atoms with van der Waals surface area (Å²) in [7, 11) is -3.70. The molecule has 1 aliphatic rings. The monoisotopic (exact) mass is 332 g/mol. The molecule has 0 aromatic heterocycles. The van der Waals surface area contributed by atoms with E-state index < -0.39 is 10.0 Å². The molecular weight excluding hydrogens is 312 g/mol. The Morgan fingerprint density at radius 1 is 1.48 bits per heavy atom. The maximum absolute atomic E-state index is 12.5. The highest BCUT2D eigenvalue weighted by Crippen LogP contribution is 2.43. The first-order chi connectivity index (χ1) is 9.68. The number of anilines is 1. The number of nitrogens with one attached hydrogen (secondary N) is 1. The van der Waals surface area contributed by atoms with E-state index in [0.717, 1.165) is 0 Å². The van der Waals surface area contributed by atoms with E-state index in [1.807, 2.05) is 20.8 Å². The third-order valence-electron chi connectivity index (χ3n) is 4.11. The van der Waals surface area contributed by atoms with Gasteiger partial charge in [0, 0.05) is 23.1 Å². The molecule has 7 heteroatoms. The second kappa shape index (κ2) is 5.76. The van der Waals surface area contributed by atoms with Crippen LogP contribution in [0.5, 0.6) is 0 Å². The van der Waals surface area contributed by atoms with Crippen molar-refractivity contribution in [1.29, 1.82) is 0 Å². The molecule has 1 fully saturated rings. The van der Waals surface area contributed by atoms with Crippen LogP contribution in [0, 0.1) is 5.41 Å². The Bertz CT molecular complexity index is 631. The number of nitrogens with two attached hydrogens (primary N) is 1. The van der Waals surface area contributed by atoms with Crippen molar-refractivity contribution in [2.45, 2.75) is 44.2 Å². The van der Waals surface area contributed by atoms with Crippen LogP contribution in [0.3, 0.4) is 0 Å². The van der Waals surface area contributed by atoms with Gasteiger partial charge in [-0.1, -0.05) is 25.4 Å². The van der Waals surface area contributed by atoms with E-state index in [2.05, 4.69) is 4.72 Å². The quantitative estimate of drug-likeness (QED) is 0.811. The molecule has 3 N–H and O–H groups in total. The second-order valence-electron chi connectivity index (χ2n) is 5.86. The fraction of sp³-hybridized carbons (Fsp3) is 0.571. The molecule has 0 aliphatic heterocycles. The molecule has 1 saturated carbocycles. The normalized spacial score (nSPS) is 24.6. The summed E-state index contributed by atoms with van der Waals surface area (Å²) >= 11 is 5.86. The highest BCUT2D eigenvalue weighted by atomic mass is 35.5. The predicted molar refractivity (Wildman–Crippen MR) is 83.8 cm³/mol. The van der Waals surface area contributed by atoms with Gasteiger partial charge in [-0.15, -0.1) is 0 Å². The molecule has 5 nitrogen and oxygen atoms in total.